The molecule has 2 aromatic carbocycles. The summed E-state index contributed by atoms with van der Waals surface area (Å²) in [4.78, 5) is 25.4. The lowest BCUT2D eigenvalue weighted by molar-refractivity contribution is -0.365. The largest absolute Gasteiger partial charge is 0.283 e. The van der Waals surface area contributed by atoms with Gasteiger partial charge in [-0.3, -0.25) is 14.5 Å². The molecule has 1 amide bonds. The Morgan fingerprint density at radius 2 is 1.56 bits per heavy atom. The zero-order valence-electron chi connectivity index (χ0n) is 16.3. The molecule has 0 bridgehead atoms. The summed E-state index contributed by atoms with van der Waals surface area (Å²) in [7, 11) is 1.54. The summed E-state index contributed by atoms with van der Waals surface area (Å²) >= 11 is 0. The lowest BCUT2D eigenvalue weighted by atomic mass is 9.92. The SMILES string of the molecule is C/C=C(\C)N1OC(C)(C)C(=O)N(OC)C12c1ccccc1-c1ccccc12. The quantitative estimate of drug-likeness (QED) is 0.801. The molecular weight excluding hydrogens is 340 g/mol. The molecule has 2 aromatic rings. The molecule has 2 aliphatic rings. The topological polar surface area (TPSA) is 42.0 Å². The summed E-state index contributed by atoms with van der Waals surface area (Å²) in [5, 5.41) is 3.29. The van der Waals surface area contributed by atoms with E-state index in [4.69, 9.17) is 9.68 Å². The van der Waals surface area contributed by atoms with Crippen molar-refractivity contribution in [2.45, 2.75) is 39.0 Å². The van der Waals surface area contributed by atoms with Crippen molar-refractivity contribution in [2.75, 3.05) is 7.11 Å². The van der Waals surface area contributed by atoms with E-state index in [2.05, 4.69) is 12.1 Å². The molecule has 1 saturated heterocycles. The van der Waals surface area contributed by atoms with Crippen LogP contribution in [0.15, 0.2) is 60.3 Å². The van der Waals surface area contributed by atoms with Crippen LogP contribution in [-0.4, -0.2) is 28.7 Å². The molecule has 5 heteroatoms. The number of rotatable bonds is 2. The Bertz CT molecular complexity index is 903. The fraction of sp³-hybridized carbons (Fsp3) is 0.318. The number of nitrogens with zero attached hydrogens (tertiary/aromatic N) is 2. The van der Waals surface area contributed by atoms with E-state index in [1.54, 1.807) is 13.8 Å². The Morgan fingerprint density at radius 1 is 1.04 bits per heavy atom. The Kier molecular flexibility index (Phi) is 3.91. The van der Waals surface area contributed by atoms with Gasteiger partial charge in [0.2, 0.25) is 5.66 Å². The first-order valence-corrected chi connectivity index (χ1v) is 9.10. The van der Waals surface area contributed by atoms with Crippen LogP contribution < -0.4 is 0 Å². The van der Waals surface area contributed by atoms with Gasteiger partial charge in [0.05, 0.1) is 7.11 Å². The highest BCUT2D eigenvalue weighted by Gasteiger charge is 2.62. The number of amides is 1. The van der Waals surface area contributed by atoms with Crippen LogP contribution >= 0.6 is 0 Å². The number of carbonyl (C=O) groups is 1. The smallest absolute Gasteiger partial charge is 0.271 e. The van der Waals surface area contributed by atoms with Crippen molar-refractivity contribution < 1.29 is 14.5 Å². The van der Waals surface area contributed by atoms with Gasteiger partial charge in [-0.15, -0.1) is 0 Å². The Morgan fingerprint density at radius 3 is 2.04 bits per heavy atom. The van der Waals surface area contributed by atoms with Crippen molar-refractivity contribution in [1.29, 1.82) is 0 Å². The molecule has 0 N–H and O–H groups in total. The highest BCUT2D eigenvalue weighted by molar-refractivity contribution is 5.89. The maximum Gasteiger partial charge on any atom is 0.283 e. The van der Waals surface area contributed by atoms with E-state index in [1.807, 2.05) is 61.4 Å². The molecule has 0 atom stereocenters. The Hall–Kier alpha value is -2.63. The van der Waals surface area contributed by atoms with Gasteiger partial charge < -0.3 is 0 Å². The molecule has 4 rings (SSSR count). The van der Waals surface area contributed by atoms with Crippen molar-refractivity contribution in [3.05, 3.63) is 71.4 Å². The monoisotopic (exact) mass is 364 g/mol. The first-order valence-electron chi connectivity index (χ1n) is 9.10. The van der Waals surface area contributed by atoms with E-state index >= 15 is 0 Å². The van der Waals surface area contributed by atoms with Gasteiger partial charge in [-0.2, -0.15) is 5.06 Å². The van der Waals surface area contributed by atoms with Crippen LogP contribution in [0, 0.1) is 0 Å². The summed E-state index contributed by atoms with van der Waals surface area (Å²) in [6, 6.07) is 16.2. The van der Waals surface area contributed by atoms with Gasteiger partial charge in [0.25, 0.3) is 5.91 Å². The van der Waals surface area contributed by atoms with Gasteiger partial charge >= 0.3 is 0 Å². The number of hydroxylamine groups is 4. The van der Waals surface area contributed by atoms with Crippen LogP contribution in [0.25, 0.3) is 11.1 Å². The first kappa shape index (κ1) is 17.8. The number of benzene rings is 2. The number of allylic oxidation sites excluding steroid dienone is 2. The van der Waals surface area contributed by atoms with Crippen molar-refractivity contribution >= 4 is 5.91 Å². The molecule has 0 saturated carbocycles. The second-order valence-electron chi connectivity index (χ2n) is 7.37. The fourth-order valence-corrected chi connectivity index (χ4v) is 4.09. The molecule has 0 aromatic heterocycles. The van der Waals surface area contributed by atoms with E-state index in [9.17, 15) is 4.79 Å². The molecule has 1 spiro atoms. The summed E-state index contributed by atoms with van der Waals surface area (Å²) < 4.78 is 0. The standard InChI is InChI=1S/C22H24N2O3/c1-6-15(2)23-22(24(26-5)20(25)21(3,4)27-23)18-13-9-7-11-16(18)17-12-8-10-14-19(17)22/h6-14H,1-5H3/b15-6+. The predicted molar refractivity (Wildman–Crippen MR) is 103 cm³/mol. The Balaban J connectivity index is 2.13. The number of hydrogen-bond donors (Lipinski definition) is 0. The maximum absolute atomic E-state index is 13.3. The molecule has 0 unspecified atom stereocenters. The summed E-state index contributed by atoms with van der Waals surface area (Å²) in [6.45, 7) is 7.46. The lowest BCUT2D eigenvalue weighted by Gasteiger charge is -2.55. The normalized spacial score (nSPS) is 20.0. The van der Waals surface area contributed by atoms with Gasteiger partial charge in [0.15, 0.2) is 5.60 Å². The molecule has 1 aliphatic heterocycles. The maximum atomic E-state index is 13.3. The zero-order chi connectivity index (χ0) is 19.4. The number of fused-ring (bicyclic) bond motifs is 5. The summed E-state index contributed by atoms with van der Waals surface area (Å²) in [5.41, 5.74) is 2.86. The molecule has 1 heterocycles. The van der Waals surface area contributed by atoms with E-state index < -0.39 is 11.3 Å². The van der Waals surface area contributed by atoms with Crippen molar-refractivity contribution in [1.82, 2.24) is 10.1 Å². The van der Waals surface area contributed by atoms with Gasteiger partial charge in [0, 0.05) is 16.8 Å². The minimum absolute atomic E-state index is 0.225. The van der Waals surface area contributed by atoms with Gasteiger partial charge in [0.1, 0.15) is 0 Å². The van der Waals surface area contributed by atoms with E-state index in [-0.39, 0.29) is 5.91 Å². The van der Waals surface area contributed by atoms with Crippen LogP contribution in [0.4, 0.5) is 0 Å². The summed E-state index contributed by atoms with van der Waals surface area (Å²) in [5.74, 6) is -0.225. The average molecular weight is 364 g/mol. The predicted octanol–water partition coefficient (Wildman–Crippen LogP) is 4.21. The third-order valence-electron chi connectivity index (χ3n) is 5.42. The van der Waals surface area contributed by atoms with Crippen LogP contribution in [0.1, 0.15) is 38.8 Å². The molecule has 27 heavy (non-hydrogen) atoms. The number of carbonyl (C=O) groups excluding carboxylic acids is 1. The molecular formula is C22H24N2O3. The number of hydrogen-bond acceptors (Lipinski definition) is 4. The second kappa shape index (κ2) is 5.94. The minimum atomic E-state index is -1.06. The van der Waals surface area contributed by atoms with Crippen LogP contribution in [0.5, 0.6) is 0 Å². The second-order valence-corrected chi connectivity index (χ2v) is 7.37. The van der Waals surface area contributed by atoms with Crippen LogP contribution in [0.3, 0.4) is 0 Å². The third-order valence-corrected chi connectivity index (χ3v) is 5.42. The molecule has 0 radical (unpaired) electrons. The van der Waals surface area contributed by atoms with E-state index in [0.717, 1.165) is 28.0 Å². The Labute approximate surface area is 159 Å². The first-order chi connectivity index (χ1) is 12.9. The highest BCUT2D eigenvalue weighted by Crippen LogP contribution is 2.56. The fourth-order valence-electron chi connectivity index (χ4n) is 4.09. The third kappa shape index (κ3) is 2.16. The highest BCUT2D eigenvalue weighted by atomic mass is 16.8. The van der Waals surface area contributed by atoms with Crippen molar-refractivity contribution in [3.8, 4) is 11.1 Å². The van der Waals surface area contributed by atoms with Crippen LogP contribution in [0.2, 0.25) is 0 Å². The average Bonchev–Trinajstić information content (AvgIpc) is 2.97. The van der Waals surface area contributed by atoms with Crippen molar-refractivity contribution in [2.24, 2.45) is 0 Å². The molecule has 5 nitrogen and oxygen atoms in total. The zero-order valence-corrected chi connectivity index (χ0v) is 16.3. The van der Waals surface area contributed by atoms with Crippen molar-refractivity contribution in [3.63, 3.8) is 0 Å². The van der Waals surface area contributed by atoms with Crippen LogP contribution in [-0.2, 0) is 20.1 Å². The van der Waals surface area contributed by atoms with E-state index in [0.29, 0.717) is 0 Å². The lowest BCUT2D eigenvalue weighted by Crippen LogP contribution is -2.69. The van der Waals surface area contributed by atoms with E-state index in [1.165, 1.54) is 12.2 Å². The molecule has 1 aliphatic carbocycles. The molecule has 1 fully saturated rings. The minimum Gasteiger partial charge on any atom is -0.271 e. The molecule has 140 valence electrons. The summed E-state index contributed by atoms with van der Waals surface area (Å²) in [6.07, 6.45) is 1.98. The van der Waals surface area contributed by atoms with Gasteiger partial charge in [-0.25, -0.2) is 5.06 Å². The van der Waals surface area contributed by atoms with Gasteiger partial charge in [-0.1, -0.05) is 54.6 Å². The van der Waals surface area contributed by atoms with Gasteiger partial charge in [-0.05, 0) is 38.8 Å².